The molecule has 1 aromatic rings. The standard InChI is InChI=1S/C7HBr2F3N2O/c8-5-1-4(15-7(10,11)12)3(2-13)6(9)14-5/h1H. The van der Waals surface area contributed by atoms with Crippen molar-refractivity contribution in [2.75, 3.05) is 0 Å². The van der Waals surface area contributed by atoms with Crippen molar-refractivity contribution >= 4 is 31.9 Å². The monoisotopic (exact) mass is 344 g/mol. The summed E-state index contributed by atoms with van der Waals surface area (Å²) in [6.45, 7) is 0. The Hall–Kier alpha value is -0.810. The summed E-state index contributed by atoms with van der Waals surface area (Å²) in [4.78, 5) is 3.70. The van der Waals surface area contributed by atoms with E-state index in [0.717, 1.165) is 6.07 Å². The maximum absolute atomic E-state index is 11.9. The lowest BCUT2D eigenvalue weighted by molar-refractivity contribution is -0.274. The third-order valence-electron chi connectivity index (χ3n) is 1.25. The summed E-state index contributed by atoms with van der Waals surface area (Å²) in [6, 6.07) is 2.53. The number of halogens is 5. The first-order valence-electron chi connectivity index (χ1n) is 3.35. The highest BCUT2D eigenvalue weighted by Crippen LogP contribution is 2.31. The second-order valence-electron chi connectivity index (χ2n) is 2.27. The third-order valence-corrected chi connectivity index (χ3v) is 2.23. The minimum absolute atomic E-state index is 0.0152. The van der Waals surface area contributed by atoms with Crippen LogP contribution < -0.4 is 4.74 Å². The molecule has 8 heteroatoms. The molecule has 1 heterocycles. The Kier molecular flexibility index (Phi) is 3.57. The second-order valence-corrected chi connectivity index (χ2v) is 3.83. The van der Waals surface area contributed by atoms with Crippen LogP contribution in [0.1, 0.15) is 5.56 Å². The highest BCUT2D eigenvalue weighted by atomic mass is 79.9. The number of pyridine rings is 1. The van der Waals surface area contributed by atoms with Gasteiger partial charge in [0, 0.05) is 6.07 Å². The molecule has 3 nitrogen and oxygen atoms in total. The first kappa shape index (κ1) is 12.3. The van der Waals surface area contributed by atoms with Crippen molar-refractivity contribution in [3.05, 3.63) is 20.8 Å². The fourth-order valence-electron chi connectivity index (χ4n) is 0.770. The van der Waals surface area contributed by atoms with Crippen molar-refractivity contribution in [1.82, 2.24) is 4.98 Å². The smallest absolute Gasteiger partial charge is 0.404 e. The van der Waals surface area contributed by atoms with Crippen LogP contribution in [0, 0.1) is 11.3 Å². The van der Waals surface area contributed by atoms with Gasteiger partial charge >= 0.3 is 6.36 Å². The number of nitrogens with zero attached hydrogens (tertiary/aromatic N) is 2. The molecule has 0 saturated carbocycles. The van der Waals surface area contributed by atoms with Crippen LogP contribution in [0.4, 0.5) is 13.2 Å². The topological polar surface area (TPSA) is 45.9 Å². The molecule has 0 spiro atoms. The average Bonchev–Trinajstić information content (AvgIpc) is 1.99. The van der Waals surface area contributed by atoms with Gasteiger partial charge in [-0.2, -0.15) is 5.26 Å². The average molecular weight is 346 g/mol. The number of hydrogen-bond donors (Lipinski definition) is 0. The summed E-state index contributed by atoms with van der Waals surface area (Å²) < 4.78 is 39.6. The summed E-state index contributed by atoms with van der Waals surface area (Å²) in [5.74, 6) is -0.598. The van der Waals surface area contributed by atoms with Gasteiger partial charge in [-0.1, -0.05) is 0 Å². The normalized spacial score (nSPS) is 10.9. The maximum Gasteiger partial charge on any atom is 0.573 e. The first-order chi connectivity index (χ1) is 6.83. The molecule has 1 aromatic heterocycles. The number of hydrogen-bond acceptors (Lipinski definition) is 3. The van der Waals surface area contributed by atoms with Crippen LogP contribution in [-0.4, -0.2) is 11.3 Å². The van der Waals surface area contributed by atoms with E-state index >= 15 is 0 Å². The molecule has 15 heavy (non-hydrogen) atoms. The van der Waals surface area contributed by atoms with Crippen LogP contribution in [-0.2, 0) is 0 Å². The van der Waals surface area contributed by atoms with Crippen molar-refractivity contribution < 1.29 is 17.9 Å². The molecule has 0 aliphatic rings. The van der Waals surface area contributed by atoms with E-state index in [0.29, 0.717) is 0 Å². The Labute approximate surface area is 99.1 Å². The minimum atomic E-state index is -4.84. The van der Waals surface area contributed by atoms with Gasteiger partial charge in [-0.25, -0.2) is 4.98 Å². The first-order valence-corrected chi connectivity index (χ1v) is 4.94. The fourth-order valence-corrected chi connectivity index (χ4v) is 1.87. The molecule has 0 saturated heterocycles. The summed E-state index contributed by atoms with van der Waals surface area (Å²) in [7, 11) is 0. The van der Waals surface area contributed by atoms with Crippen LogP contribution in [0.15, 0.2) is 15.3 Å². The molecule has 0 aliphatic carbocycles. The number of alkyl halides is 3. The zero-order valence-corrected chi connectivity index (χ0v) is 9.94. The van der Waals surface area contributed by atoms with E-state index in [-0.39, 0.29) is 14.8 Å². The summed E-state index contributed by atoms with van der Waals surface area (Å²) in [5.41, 5.74) is -0.310. The van der Waals surface area contributed by atoms with E-state index in [9.17, 15) is 13.2 Å². The predicted octanol–water partition coefficient (Wildman–Crippen LogP) is 3.38. The molecular weight excluding hydrogens is 345 g/mol. The molecule has 0 radical (unpaired) electrons. The third kappa shape index (κ3) is 3.35. The molecule has 0 N–H and O–H groups in total. The SMILES string of the molecule is N#Cc1c(OC(F)(F)F)cc(Br)nc1Br. The summed E-state index contributed by atoms with van der Waals surface area (Å²) in [5, 5.41) is 8.60. The molecular formula is C7HBr2F3N2O. The lowest BCUT2D eigenvalue weighted by Gasteiger charge is -2.10. The molecule has 0 unspecified atom stereocenters. The highest BCUT2D eigenvalue weighted by Gasteiger charge is 2.33. The number of ether oxygens (including phenoxy) is 1. The molecule has 0 bridgehead atoms. The van der Waals surface area contributed by atoms with Crippen LogP contribution in [0.25, 0.3) is 0 Å². The molecule has 1 rings (SSSR count). The van der Waals surface area contributed by atoms with Gasteiger partial charge in [-0.05, 0) is 31.9 Å². The van der Waals surface area contributed by atoms with E-state index in [1.54, 1.807) is 6.07 Å². The van der Waals surface area contributed by atoms with Crippen LogP contribution in [0.5, 0.6) is 5.75 Å². The predicted molar refractivity (Wildman–Crippen MR) is 51.0 cm³/mol. The molecule has 0 atom stereocenters. The Morgan fingerprint density at radius 3 is 2.47 bits per heavy atom. The summed E-state index contributed by atoms with van der Waals surface area (Å²) >= 11 is 5.74. The number of nitriles is 1. The van der Waals surface area contributed by atoms with Crippen molar-refractivity contribution in [3.8, 4) is 11.8 Å². The summed E-state index contributed by atoms with van der Waals surface area (Å²) in [6.07, 6.45) is -4.84. The van der Waals surface area contributed by atoms with E-state index in [1.165, 1.54) is 0 Å². The van der Waals surface area contributed by atoms with Crippen LogP contribution in [0.2, 0.25) is 0 Å². The second kappa shape index (κ2) is 4.37. The molecule has 80 valence electrons. The van der Waals surface area contributed by atoms with E-state index in [2.05, 4.69) is 41.6 Å². The van der Waals surface area contributed by atoms with Gasteiger partial charge < -0.3 is 4.74 Å². The van der Waals surface area contributed by atoms with Crippen molar-refractivity contribution in [1.29, 1.82) is 5.26 Å². The molecule has 0 aromatic carbocycles. The molecule has 0 amide bonds. The minimum Gasteiger partial charge on any atom is -0.404 e. The Balaban J connectivity index is 3.23. The van der Waals surface area contributed by atoms with Crippen molar-refractivity contribution in [2.45, 2.75) is 6.36 Å². The fraction of sp³-hybridized carbons (Fsp3) is 0.143. The van der Waals surface area contributed by atoms with Gasteiger partial charge in [0.25, 0.3) is 0 Å². The zero-order chi connectivity index (χ0) is 11.6. The van der Waals surface area contributed by atoms with Gasteiger partial charge in [0.05, 0.1) is 0 Å². The quantitative estimate of drug-likeness (QED) is 0.733. The van der Waals surface area contributed by atoms with Gasteiger partial charge in [-0.15, -0.1) is 13.2 Å². The Morgan fingerprint density at radius 2 is 2.00 bits per heavy atom. The molecule has 0 aliphatic heterocycles. The Bertz CT molecular complexity index is 427. The van der Waals surface area contributed by atoms with Gasteiger partial charge in [0.2, 0.25) is 0 Å². The largest absolute Gasteiger partial charge is 0.573 e. The maximum atomic E-state index is 11.9. The zero-order valence-electron chi connectivity index (χ0n) is 6.77. The number of aromatic nitrogens is 1. The Morgan fingerprint density at radius 1 is 1.40 bits per heavy atom. The van der Waals surface area contributed by atoms with Gasteiger partial charge in [0.15, 0.2) is 5.75 Å². The molecule has 0 fully saturated rings. The van der Waals surface area contributed by atoms with E-state index < -0.39 is 12.1 Å². The van der Waals surface area contributed by atoms with Crippen LogP contribution >= 0.6 is 31.9 Å². The highest BCUT2D eigenvalue weighted by molar-refractivity contribution is 9.11. The van der Waals surface area contributed by atoms with Gasteiger partial charge in [-0.3, -0.25) is 0 Å². The lowest BCUT2D eigenvalue weighted by Crippen LogP contribution is -2.18. The van der Waals surface area contributed by atoms with Gasteiger partial charge in [0.1, 0.15) is 20.8 Å². The van der Waals surface area contributed by atoms with E-state index in [1.807, 2.05) is 0 Å². The van der Waals surface area contributed by atoms with Crippen molar-refractivity contribution in [3.63, 3.8) is 0 Å². The van der Waals surface area contributed by atoms with Crippen molar-refractivity contribution in [2.24, 2.45) is 0 Å². The lowest BCUT2D eigenvalue weighted by atomic mass is 10.3. The number of rotatable bonds is 1. The van der Waals surface area contributed by atoms with E-state index in [4.69, 9.17) is 5.26 Å². The van der Waals surface area contributed by atoms with Crippen LogP contribution in [0.3, 0.4) is 0 Å².